The van der Waals surface area contributed by atoms with Gasteiger partial charge in [0.1, 0.15) is 0 Å². The molecule has 136 valence electrons. The zero-order chi connectivity index (χ0) is 19.1. The standard InChI is InChI=1S/C22H20N2O3/c1-12-8-10-14(11-9-12)20-19(17(13(2)23-20)22(26)27-3)18-15-6-4-5-7-16(15)24-21(18)25/h4-11,18,23H,1-3H3,(H,24,25). The minimum absolute atomic E-state index is 0.145. The van der Waals surface area contributed by atoms with E-state index in [4.69, 9.17) is 4.74 Å². The van der Waals surface area contributed by atoms with Gasteiger partial charge in [-0.15, -0.1) is 0 Å². The Labute approximate surface area is 157 Å². The van der Waals surface area contributed by atoms with Crippen molar-refractivity contribution in [2.24, 2.45) is 0 Å². The number of rotatable bonds is 3. The van der Waals surface area contributed by atoms with Crippen LogP contribution in [0.1, 0.15) is 38.7 Å². The number of fused-ring (bicyclic) bond motifs is 1. The van der Waals surface area contributed by atoms with Crippen LogP contribution in [0.25, 0.3) is 11.3 Å². The van der Waals surface area contributed by atoms with E-state index in [9.17, 15) is 9.59 Å². The topological polar surface area (TPSA) is 71.2 Å². The first-order valence-electron chi connectivity index (χ1n) is 8.79. The van der Waals surface area contributed by atoms with Gasteiger partial charge in [0.25, 0.3) is 0 Å². The van der Waals surface area contributed by atoms with Gasteiger partial charge in [0.05, 0.1) is 24.3 Å². The highest BCUT2D eigenvalue weighted by Gasteiger charge is 2.38. The number of aromatic amines is 1. The Balaban J connectivity index is 1.99. The van der Waals surface area contributed by atoms with Gasteiger partial charge in [0.15, 0.2) is 0 Å². The number of hydrogen-bond donors (Lipinski definition) is 2. The van der Waals surface area contributed by atoms with Crippen molar-refractivity contribution in [2.75, 3.05) is 12.4 Å². The normalized spacial score (nSPS) is 15.4. The number of para-hydroxylation sites is 1. The number of carbonyl (C=O) groups is 2. The molecular weight excluding hydrogens is 340 g/mol. The third kappa shape index (κ3) is 2.72. The molecule has 1 atom stereocenters. The SMILES string of the molecule is COC(=O)c1c(C)[nH]c(-c2ccc(C)cc2)c1C1C(=O)Nc2ccccc21. The second-order valence-electron chi connectivity index (χ2n) is 6.78. The fourth-order valence-electron chi connectivity index (χ4n) is 3.74. The summed E-state index contributed by atoms with van der Waals surface area (Å²) in [6.45, 7) is 3.84. The molecule has 0 radical (unpaired) electrons. The van der Waals surface area contributed by atoms with Crippen LogP contribution in [0.3, 0.4) is 0 Å². The summed E-state index contributed by atoms with van der Waals surface area (Å²) >= 11 is 0. The molecule has 5 heteroatoms. The van der Waals surface area contributed by atoms with Gasteiger partial charge in [0.2, 0.25) is 5.91 Å². The number of amides is 1. The Kier molecular flexibility index (Phi) is 4.07. The van der Waals surface area contributed by atoms with E-state index in [-0.39, 0.29) is 5.91 Å². The summed E-state index contributed by atoms with van der Waals surface area (Å²) in [7, 11) is 1.35. The van der Waals surface area contributed by atoms with Crippen molar-refractivity contribution in [2.45, 2.75) is 19.8 Å². The van der Waals surface area contributed by atoms with Gasteiger partial charge < -0.3 is 15.0 Å². The first-order chi connectivity index (χ1) is 13.0. The molecule has 2 N–H and O–H groups in total. The van der Waals surface area contributed by atoms with Crippen molar-refractivity contribution in [3.8, 4) is 11.3 Å². The van der Waals surface area contributed by atoms with Crippen LogP contribution in [0.4, 0.5) is 5.69 Å². The van der Waals surface area contributed by atoms with Crippen molar-refractivity contribution in [3.63, 3.8) is 0 Å². The average molecular weight is 360 g/mol. The number of esters is 1. The predicted molar refractivity (Wildman–Crippen MR) is 104 cm³/mol. The molecule has 1 aliphatic rings. The van der Waals surface area contributed by atoms with E-state index in [2.05, 4.69) is 10.3 Å². The van der Waals surface area contributed by atoms with Gasteiger partial charge in [-0.1, -0.05) is 48.0 Å². The quantitative estimate of drug-likeness (QED) is 0.689. The highest BCUT2D eigenvalue weighted by Crippen LogP contribution is 2.43. The Morgan fingerprint density at radius 2 is 1.74 bits per heavy atom. The largest absolute Gasteiger partial charge is 0.465 e. The van der Waals surface area contributed by atoms with Crippen molar-refractivity contribution < 1.29 is 14.3 Å². The lowest BCUT2D eigenvalue weighted by atomic mass is 9.87. The first kappa shape index (κ1) is 17.1. The Bertz CT molecular complexity index is 1050. The lowest BCUT2D eigenvalue weighted by molar-refractivity contribution is -0.116. The van der Waals surface area contributed by atoms with Gasteiger partial charge in [-0.05, 0) is 31.0 Å². The van der Waals surface area contributed by atoms with Crippen molar-refractivity contribution in [1.82, 2.24) is 4.98 Å². The highest BCUT2D eigenvalue weighted by atomic mass is 16.5. The second kappa shape index (κ2) is 6.43. The second-order valence-corrected chi connectivity index (χ2v) is 6.78. The van der Waals surface area contributed by atoms with E-state index in [1.807, 2.05) is 62.4 Å². The summed E-state index contributed by atoms with van der Waals surface area (Å²) < 4.78 is 5.02. The Hall–Kier alpha value is -3.34. The number of aryl methyl sites for hydroxylation is 2. The number of aromatic nitrogens is 1. The third-order valence-electron chi connectivity index (χ3n) is 5.04. The molecule has 27 heavy (non-hydrogen) atoms. The Morgan fingerprint density at radius 3 is 2.44 bits per heavy atom. The molecule has 2 aromatic carbocycles. The molecule has 0 aliphatic carbocycles. The molecule has 0 fully saturated rings. The van der Waals surface area contributed by atoms with Gasteiger partial charge >= 0.3 is 5.97 Å². The van der Waals surface area contributed by atoms with Gasteiger partial charge in [0, 0.05) is 16.9 Å². The molecule has 1 unspecified atom stereocenters. The van der Waals surface area contributed by atoms with Gasteiger partial charge in [-0.25, -0.2) is 4.79 Å². The van der Waals surface area contributed by atoms with Crippen molar-refractivity contribution >= 4 is 17.6 Å². The zero-order valence-corrected chi connectivity index (χ0v) is 15.4. The van der Waals surface area contributed by atoms with Crippen molar-refractivity contribution in [1.29, 1.82) is 0 Å². The third-order valence-corrected chi connectivity index (χ3v) is 5.04. The fraction of sp³-hybridized carbons (Fsp3) is 0.182. The van der Waals surface area contributed by atoms with E-state index < -0.39 is 11.9 Å². The summed E-state index contributed by atoms with van der Waals surface area (Å²) in [6.07, 6.45) is 0. The number of carbonyl (C=O) groups excluding carboxylic acids is 2. The number of benzene rings is 2. The van der Waals surface area contributed by atoms with E-state index in [1.165, 1.54) is 7.11 Å². The average Bonchev–Trinajstić information content (AvgIpc) is 3.17. The number of H-pyrrole nitrogens is 1. The highest BCUT2D eigenvalue weighted by molar-refractivity contribution is 6.08. The fourth-order valence-corrected chi connectivity index (χ4v) is 3.74. The minimum atomic E-state index is -0.573. The predicted octanol–water partition coefficient (Wildman–Crippen LogP) is 4.17. The van der Waals surface area contributed by atoms with Crippen LogP contribution in [-0.2, 0) is 9.53 Å². The van der Waals surface area contributed by atoms with E-state index in [1.54, 1.807) is 0 Å². The first-order valence-corrected chi connectivity index (χ1v) is 8.79. The molecule has 0 spiro atoms. The van der Waals surface area contributed by atoms with E-state index >= 15 is 0 Å². The minimum Gasteiger partial charge on any atom is -0.465 e. The zero-order valence-electron chi connectivity index (χ0n) is 15.4. The molecule has 4 rings (SSSR count). The summed E-state index contributed by atoms with van der Waals surface area (Å²) in [5.74, 6) is -1.17. The number of methoxy groups -OCH3 is 1. The molecule has 1 amide bonds. The summed E-state index contributed by atoms with van der Waals surface area (Å²) in [5.41, 5.74) is 6.23. The molecule has 3 aromatic rings. The molecule has 0 saturated heterocycles. The van der Waals surface area contributed by atoms with Crippen LogP contribution in [0, 0.1) is 13.8 Å². The summed E-state index contributed by atoms with van der Waals surface area (Å²) in [6, 6.07) is 15.6. The number of nitrogens with one attached hydrogen (secondary N) is 2. The van der Waals surface area contributed by atoms with Crippen LogP contribution < -0.4 is 5.32 Å². The van der Waals surface area contributed by atoms with Gasteiger partial charge in [-0.2, -0.15) is 0 Å². The summed E-state index contributed by atoms with van der Waals surface area (Å²) in [4.78, 5) is 28.7. The lowest BCUT2D eigenvalue weighted by Crippen LogP contribution is -2.17. The van der Waals surface area contributed by atoms with Crippen LogP contribution in [0.5, 0.6) is 0 Å². The maximum atomic E-state index is 12.9. The van der Waals surface area contributed by atoms with Crippen LogP contribution in [0.2, 0.25) is 0 Å². The number of anilines is 1. The maximum absolute atomic E-state index is 12.9. The molecule has 0 saturated carbocycles. The Morgan fingerprint density at radius 1 is 1.04 bits per heavy atom. The van der Waals surface area contributed by atoms with Crippen molar-refractivity contribution in [3.05, 3.63) is 76.5 Å². The van der Waals surface area contributed by atoms with E-state index in [0.29, 0.717) is 16.8 Å². The molecule has 1 aromatic heterocycles. The molecule has 1 aliphatic heterocycles. The van der Waals surface area contributed by atoms with E-state index in [0.717, 1.165) is 28.1 Å². The summed E-state index contributed by atoms with van der Waals surface area (Å²) in [5, 5.41) is 2.92. The van der Waals surface area contributed by atoms with Crippen LogP contribution in [0.15, 0.2) is 48.5 Å². The maximum Gasteiger partial charge on any atom is 0.340 e. The van der Waals surface area contributed by atoms with Gasteiger partial charge in [-0.3, -0.25) is 4.79 Å². The molecule has 2 heterocycles. The molecule has 0 bridgehead atoms. The lowest BCUT2D eigenvalue weighted by Gasteiger charge is -2.13. The smallest absolute Gasteiger partial charge is 0.340 e. The number of hydrogen-bond acceptors (Lipinski definition) is 3. The molecular formula is C22H20N2O3. The monoisotopic (exact) mass is 360 g/mol. The number of ether oxygens (including phenoxy) is 1. The van der Waals surface area contributed by atoms with Crippen LogP contribution >= 0.6 is 0 Å². The molecule has 5 nitrogen and oxygen atoms in total. The van der Waals surface area contributed by atoms with Crippen LogP contribution in [-0.4, -0.2) is 24.0 Å².